The number of hydrogen-bond donors (Lipinski definition) is 1. The summed E-state index contributed by atoms with van der Waals surface area (Å²) in [6, 6.07) is 17.5. The molecule has 106 valence electrons. The fourth-order valence-corrected chi connectivity index (χ4v) is 2.44. The van der Waals surface area contributed by atoms with E-state index in [4.69, 9.17) is 0 Å². The largest absolute Gasteiger partial charge is 0.327 e. The number of rotatable bonds is 7. The first-order chi connectivity index (χ1) is 9.78. The number of benzene rings is 2. The third-order valence-electron chi connectivity index (χ3n) is 3.55. The molecule has 1 atom stereocenters. The zero-order chi connectivity index (χ0) is 14.2. The van der Waals surface area contributed by atoms with Gasteiger partial charge < -0.3 is 4.90 Å². The maximum absolute atomic E-state index is 13.0. The summed E-state index contributed by atoms with van der Waals surface area (Å²) >= 11 is 0. The zero-order valence-corrected chi connectivity index (χ0v) is 12.1. The van der Waals surface area contributed by atoms with Gasteiger partial charge in [0.25, 0.3) is 0 Å². The molecule has 2 aromatic rings. The fraction of sp³-hybridized carbons (Fsp3) is 0.333. The predicted molar refractivity (Wildman–Crippen MR) is 81.0 cm³/mol. The molecule has 1 unspecified atom stereocenters. The van der Waals surface area contributed by atoms with E-state index in [1.807, 2.05) is 12.1 Å². The van der Waals surface area contributed by atoms with E-state index < -0.39 is 0 Å². The molecule has 0 aliphatic rings. The third-order valence-corrected chi connectivity index (χ3v) is 3.55. The highest BCUT2D eigenvalue weighted by molar-refractivity contribution is 5.15. The highest BCUT2D eigenvalue weighted by Gasteiger charge is 2.10. The van der Waals surface area contributed by atoms with Gasteiger partial charge in [-0.3, -0.25) is 0 Å². The average molecular weight is 272 g/mol. The van der Waals surface area contributed by atoms with Crippen molar-refractivity contribution in [2.45, 2.75) is 32.9 Å². The van der Waals surface area contributed by atoms with E-state index in [9.17, 15) is 4.39 Å². The van der Waals surface area contributed by atoms with Crippen LogP contribution in [0, 0.1) is 5.82 Å². The van der Waals surface area contributed by atoms with Crippen molar-refractivity contribution in [1.29, 1.82) is 0 Å². The van der Waals surface area contributed by atoms with Crippen molar-refractivity contribution < 1.29 is 9.29 Å². The Bertz CT molecular complexity index is 493. The van der Waals surface area contributed by atoms with Crippen molar-refractivity contribution in [2.75, 3.05) is 6.54 Å². The molecule has 0 amide bonds. The van der Waals surface area contributed by atoms with Gasteiger partial charge in [0.05, 0.1) is 6.54 Å². The first-order valence-corrected chi connectivity index (χ1v) is 7.40. The van der Waals surface area contributed by atoms with E-state index in [1.165, 1.54) is 28.9 Å². The van der Waals surface area contributed by atoms with Crippen LogP contribution in [0.3, 0.4) is 0 Å². The van der Waals surface area contributed by atoms with E-state index in [0.29, 0.717) is 0 Å². The van der Waals surface area contributed by atoms with Crippen molar-refractivity contribution in [3.8, 4) is 0 Å². The van der Waals surface area contributed by atoms with Crippen LogP contribution in [0.5, 0.6) is 0 Å². The van der Waals surface area contributed by atoms with Crippen LogP contribution in [0.2, 0.25) is 0 Å². The summed E-state index contributed by atoms with van der Waals surface area (Å²) in [4.78, 5) is 1.53. The molecule has 1 N–H and O–H groups in total. The van der Waals surface area contributed by atoms with Gasteiger partial charge in [-0.05, 0) is 18.6 Å². The summed E-state index contributed by atoms with van der Waals surface area (Å²) in [5.74, 6) is -0.160. The Balaban J connectivity index is 2.01. The molecule has 0 aromatic heterocycles. The van der Waals surface area contributed by atoms with Gasteiger partial charge in [0, 0.05) is 11.1 Å². The number of nitrogens with one attached hydrogen (secondary N) is 1. The monoisotopic (exact) mass is 272 g/mol. The van der Waals surface area contributed by atoms with Gasteiger partial charge in [-0.15, -0.1) is 0 Å². The van der Waals surface area contributed by atoms with Crippen molar-refractivity contribution in [3.05, 3.63) is 71.5 Å². The number of quaternary nitrogens is 1. The molecular formula is C18H23FN+. The topological polar surface area (TPSA) is 4.44 Å². The first kappa shape index (κ1) is 14.7. The minimum atomic E-state index is -0.160. The summed E-state index contributed by atoms with van der Waals surface area (Å²) in [5, 5.41) is 0. The Morgan fingerprint density at radius 1 is 0.850 bits per heavy atom. The molecule has 0 spiro atoms. The van der Waals surface area contributed by atoms with Crippen LogP contribution in [0.1, 0.15) is 30.9 Å². The van der Waals surface area contributed by atoms with Crippen molar-refractivity contribution in [2.24, 2.45) is 0 Å². The Kier molecular flexibility index (Phi) is 5.75. The number of halogens is 1. The van der Waals surface area contributed by atoms with Gasteiger partial charge in [0.2, 0.25) is 0 Å². The Morgan fingerprint density at radius 3 is 2.05 bits per heavy atom. The molecule has 1 nitrogen and oxygen atoms in total. The van der Waals surface area contributed by atoms with E-state index in [2.05, 4.69) is 37.3 Å². The number of unbranched alkanes of at least 4 members (excludes halogenated alkanes) is 1. The standard InChI is InChI=1S/C18H22FN/c1-2-3-13-20(14-16-7-5-4-6-8-16)15-17-9-11-18(19)12-10-17/h4-12H,2-3,13-15H2,1H3/p+1. The molecular weight excluding hydrogens is 249 g/mol. The molecule has 0 radical (unpaired) electrons. The smallest absolute Gasteiger partial charge is 0.123 e. The highest BCUT2D eigenvalue weighted by atomic mass is 19.1. The number of hydrogen-bond acceptors (Lipinski definition) is 0. The second-order valence-electron chi connectivity index (χ2n) is 5.32. The molecule has 0 fully saturated rings. The lowest BCUT2D eigenvalue weighted by molar-refractivity contribution is -0.927. The third kappa shape index (κ3) is 4.78. The van der Waals surface area contributed by atoms with Gasteiger partial charge in [0.1, 0.15) is 18.9 Å². The second kappa shape index (κ2) is 7.81. The van der Waals surface area contributed by atoms with Crippen LogP contribution >= 0.6 is 0 Å². The van der Waals surface area contributed by atoms with Crippen molar-refractivity contribution in [3.63, 3.8) is 0 Å². The van der Waals surface area contributed by atoms with E-state index in [0.717, 1.165) is 19.6 Å². The Labute approximate surface area is 121 Å². The van der Waals surface area contributed by atoms with Gasteiger partial charge >= 0.3 is 0 Å². The zero-order valence-electron chi connectivity index (χ0n) is 12.1. The van der Waals surface area contributed by atoms with Crippen LogP contribution in [-0.4, -0.2) is 6.54 Å². The Morgan fingerprint density at radius 2 is 1.45 bits per heavy atom. The second-order valence-corrected chi connectivity index (χ2v) is 5.32. The fourth-order valence-electron chi connectivity index (χ4n) is 2.44. The Hall–Kier alpha value is -1.67. The van der Waals surface area contributed by atoms with Crippen LogP contribution in [-0.2, 0) is 13.1 Å². The lowest BCUT2D eigenvalue weighted by atomic mass is 10.1. The highest BCUT2D eigenvalue weighted by Crippen LogP contribution is 2.02. The van der Waals surface area contributed by atoms with E-state index >= 15 is 0 Å². The molecule has 0 saturated carbocycles. The predicted octanol–water partition coefficient (Wildman–Crippen LogP) is 3.21. The van der Waals surface area contributed by atoms with Crippen molar-refractivity contribution >= 4 is 0 Å². The van der Waals surface area contributed by atoms with E-state index in [1.54, 1.807) is 12.1 Å². The van der Waals surface area contributed by atoms with Crippen LogP contribution < -0.4 is 4.90 Å². The first-order valence-electron chi connectivity index (χ1n) is 7.40. The molecule has 0 heterocycles. The lowest BCUT2D eigenvalue weighted by Gasteiger charge is -2.19. The van der Waals surface area contributed by atoms with Gasteiger partial charge in [-0.1, -0.05) is 55.8 Å². The minimum Gasteiger partial charge on any atom is -0.327 e. The summed E-state index contributed by atoms with van der Waals surface area (Å²) in [6.45, 7) is 5.36. The van der Waals surface area contributed by atoms with Crippen LogP contribution in [0.15, 0.2) is 54.6 Å². The SMILES string of the molecule is CCCC[NH+](Cc1ccccc1)Cc1ccc(F)cc1. The molecule has 2 heteroatoms. The molecule has 0 aliphatic carbocycles. The summed E-state index contributed by atoms with van der Waals surface area (Å²) in [7, 11) is 0. The average Bonchev–Trinajstić information content (AvgIpc) is 2.48. The van der Waals surface area contributed by atoms with E-state index in [-0.39, 0.29) is 5.82 Å². The van der Waals surface area contributed by atoms with Gasteiger partial charge in [0.15, 0.2) is 0 Å². The maximum atomic E-state index is 13.0. The molecule has 0 aliphatic heterocycles. The van der Waals surface area contributed by atoms with Crippen LogP contribution in [0.4, 0.5) is 4.39 Å². The molecule has 0 bridgehead atoms. The lowest BCUT2D eigenvalue weighted by Crippen LogP contribution is -3.09. The summed E-state index contributed by atoms with van der Waals surface area (Å²) in [6.07, 6.45) is 2.44. The quantitative estimate of drug-likeness (QED) is 0.789. The summed E-state index contributed by atoms with van der Waals surface area (Å²) < 4.78 is 13.0. The van der Waals surface area contributed by atoms with Crippen molar-refractivity contribution in [1.82, 2.24) is 0 Å². The molecule has 2 rings (SSSR count). The van der Waals surface area contributed by atoms with Gasteiger partial charge in [-0.25, -0.2) is 4.39 Å². The molecule has 20 heavy (non-hydrogen) atoms. The molecule has 0 saturated heterocycles. The maximum Gasteiger partial charge on any atom is 0.123 e. The normalized spacial score (nSPS) is 12.3. The van der Waals surface area contributed by atoms with Gasteiger partial charge in [-0.2, -0.15) is 0 Å². The molecule has 2 aromatic carbocycles. The minimum absolute atomic E-state index is 0.160. The van der Waals surface area contributed by atoms with Crippen LogP contribution in [0.25, 0.3) is 0 Å². The summed E-state index contributed by atoms with van der Waals surface area (Å²) in [5.41, 5.74) is 2.56.